The first-order valence-electron chi connectivity index (χ1n) is 6.71. The average molecular weight is 243 g/mol. The van der Waals surface area contributed by atoms with Crippen LogP contribution in [-0.4, -0.2) is 19.1 Å². The van der Waals surface area contributed by atoms with Crippen LogP contribution in [-0.2, 0) is 0 Å². The van der Waals surface area contributed by atoms with Crippen LogP contribution < -0.4 is 10.6 Å². The molecule has 1 aliphatic carbocycles. The van der Waals surface area contributed by atoms with Gasteiger partial charge in [0.15, 0.2) is 0 Å². The second-order valence-corrected chi connectivity index (χ2v) is 5.14. The summed E-state index contributed by atoms with van der Waals surface area (Å²) in [5.41, 5.74) is 8.08. The van der Waals surface area contributed by atoms with E-state index in [0.29, 0.717) is 11.6 Å². The molecular weight excluding hydrogens is 222 g/mol. The Morgan fingerprint density at radius 1 is 1.28 bits per heavy atom. The van der Waals surface area contributed by atoms with Crippen LogP contribution in [0.3, 0.4) is 0 Å². The van der Waals surface area contributed by atoms with Crippen LogP contribution in [0.2, 0.25) is 0 Å². The highest BCUT2D eigenvalue weighted by atomic mass is 15.2. The molecule has 1 aromatic rings. The molecule has 96 valence electrons. The van der Waals surface area contributed by atoms with Crippen molar-refractivity contribution in [1.29, 1.82) is 5.26 Å². The Hall–Kier alpha value is -1.53. The fraction of sp³-hybridized carbons (Fsp3) is 0.533. The molecule has 2 N–H and O–H groups in total. The molecule has 2 atom stereocenters. The Morgan fingerprint density at radius 2 is 2.06 bits per heavy atom. The van der Waals surface area contributed by atoms with Crippen molar-refractivity contribution < 1.29 is 0 Å². The Labute approximate surface area is 109 Å². The number of nitriles is 1. The molecule has 0 spiro atoms. The van der Waals surface area contributed by atoms with Crippen LogP contribution >= 0.6 is 0 Å². The lowest BCUT2D eigenvalue weighted by Gasteiger charge is -2.33. The van der Waals surface area contributed by atoms with Gasteiger partial charge in [0.25, 0.3) is 0 Å². The molecule has 18 heavy (non-hydrogen) atoms. The molecule has 1 aromatic carbocycles. The zero-order valence-corrected chi connectivity index (χ0v) is 11.0. The van der Waals surface area contributed by atoms with E-state index in [-0.39, 0.29) is 6.04 Å². The largest absolute Gasteiger partial charge is 0.370 e. The maximum Gasteiger partial charge on any atom is 0.0992 e. The Kier molecular flexibility index (Phi) is 4.22. The van der Waals surface area contributed by atoms with Crippen LogP contribution in [0.4, 0.5) is 5.69 Å². The van der Waals surface area contributed by atoms with Gasteiger partial charge in [0, 0.05) is 24.8 Å². The molecule has 0 aliphatic heterocycles. The summed E-state index contributed by atoms with van der Waals surface area (Å²) in [6.07, 6.45) is 6.03. The average Bonchev–Trinajstić information content (AvgIpc) is 2.62. The van der Waals surface area contributed by atoms with E-state index in [0.717, 1.165) is 18.5 Å². The molecule has 3 heteroatoms. The van der Waals surface area contributed by atoms with Gasteiger partial charge in [0.05, 0.1) is 11.6 Å². The lowest BCUT2D eigenvalue weighted by Crippen LogP contribution is -2.45. The van der Waals surface area contributed by atoms with Crippen LogP contribution in [0, 0.1) is 11.3 Å². The van der Waals surface area contributed by atoms with Gasteiger partial charge in [0.1, 0.15) is 0 Å². The van der Waals surface area contributed by atoms with Gasteiger partial charge in [-0.1, -0.05) is 25.3 Å². The lowest BCUT2D eigenvalue weighted by molar-refractivity contribution is 0.480. The molecule has 0 radical (unpaired) electrons. The molecule has 3 nitrogen and oxygen atoms in total. The molecule has 0 heterocycles. The predicted molar refractivity (Wildman–Crippen MR) is 74.4 cm³/mol. The normalized spacial score (nSPS) is 24.1. The summed E-state index contributed by atoms with van der Waals surface area (Å²) in [6.45, 7) is 0. The molecule has 0 amide bonds. The van der Waals surface area contributed by atoms with Crippen molar-refractivity contribution in [2.24, 2.45) is 5.73 Å². The van der Waals surface area contributed by atoms with Crippen molar-refractivity contribution in [3.05, 3.63) is 29.8 Å². The second kappa shape index (κ2) is 5.88. The van der Waals surface area contributed by atoms with Crippen molar-refractivity contribution >= 4 is 5.69 Å². The third-order valence-corrected chi connectivity index (χ3v) is 3.91. The zero-order valence-electron chi connectivity index (χ0n) is 11.0. The maximum atomic E-state index is 8.96. The van der Waals surface area contributed by atoms with E-state index in [1.807, 2.05) is 18.2 Å². The minimum absolute atomic E-state index is 0.239. The Bertz CT molecular complexity index is 436. The third kappa shape index (κ3) is 2.83. The van der Waals surface area contributed by atoms with Crippen molar-refractivity contribution in [1.82, 2.24) is 0 Å². The molecule has 2 rings (SSSR count). The summed E-state index contributed by atoms with van der Waals surface area (Å²) in [7, 11) is 2.09. The summed E-state index contributed by atoms with van der Waals surface area (Å²) in [5.74, 6) is 0. The minimum atomic E-state index is 0.239. The Morgan fingerprint density at radius 3 is 2.83 bits per heavy atom. The fourth-order valence-corrected chi connectivity index (χ4v) is 2.78. The van der Waals surface area contributed by atoms with Crippen LogP contribution in [0.1, 0.15) is 37.7 Å². The lowest BCUT2D eigenvalue weighted by atomic mass is 10.0. The van der Waals surface area contributed by atoms with Crippen LogP contribution in [0.15, 0.2) is 24.3 Å². The van der Waals surface area contributed by atoms with Crippen LogP contribution in [0.5, 0.6) is 0 Å². The van der Waals surface area contributed by atoms with Crippen molar-refractivity contribution in [2.75, 3.05) is 11.9 Å². The standard InChI is InChI=1S/C15H21N3/c1-18(13-7-5-6-12(10-13)11-16)15-9-4-2-3-8-14(15)17/h5-7,10,14-15H,2-4,8-9,17H2,1H3. The molecule has 1 saturated carbocycles. The molecular formula is C15H21N3. The number of nitrogens with two attached hydrogens (primary N) is 1. The molecule has 1 aliphatic rings. The SMILES string of the molecule is CN(c1cccc(C#N)c1)C1CCCCCC1N. The summed E-state index contributed by atoms with van der Waals surface area (Å²) in [4.78, 5) is 2.25. The van der Waals surface area contributed by atoms with Gasteiger partial charge < -0.3 is 10.6 Å². The maximum absolute atomic E-state index is 8.96. The number of likely N-dealkylation sites (N-methyl/N-ethyl adjacent to an activating group) is 1. The smallest absolute Gasteiger partial charge is 0.0992 e. The Balaban J connectivity index is 2.18. The highest BCUT2D eigenvalue weighted by Gasteiger charge is 2.24. The van der Waals surface area contributed by atoms with E-state index >= 15 is 0 Å². The van der Waals surface area contributed by atoms with Gasteiger partial charge in [0.2, 0.25) is 0 Å². The monoisotopic (exact) mass is 243 g/mol. The summed E-state index contributed by atoms with van der Waals surface area (Å²) in [6, 6.07) is 10.6. The molecule has 0 aromatic heterocycles. The number of rotatable bonds is 2. The van der Waals surface area contributed by atoms with Gasteiger partial charge in [-0.2, -0.15) is 5.26 Å². The quantitative estimate of drug-likeness (QED) is 0.812. The molecule has 0 saturated heterocycles. The van der Waals surface area contributed by atoms with Gasteiger partial charge in [-0.25, -0.2) is 0 Å². The van der Waals surface area contributed by atoms with Crippen molar-refractivity contribution in [3.63, 3.8) is 0 Å². The fourth-order valence-electron chi connectivity index (χ4n) is 2.78. The summed E-state index contributed by atoms with van der Waals surface area (Å²) < 4.78 is 0. The van der Waals surface area contributed by atoms with Gasteiger partial charge in [-0.05, 0) is 31.0 Å². The first kappa shape index (κ1) is 12.9. The van der Waals surface area contributed by atoms with E-state index in [2.05, 4.69) is 24.1 Å². The molecule has 0 bridgehead atoms. The summed E-state index contributed by atoms with van der Waals surface area (Å²) >= 11 is 0. The zero-order chi connectivity index (χ0) is 13.0. The first-order valence-corrected chi connectivity index (χ1v) is 6.71. The topological polar surface area (TPSA) is 53.0 Å². The first-order chi connectivity index (χ1) is 8.72. The third-order valence-electron chi connectivity index (χ3n) is 3.91. The minimum Gasteiger partial charge on any atom is -0.370 e. The molecule has 1 fully saturated rings. The number of hydrogen-bond donors (Lipinski definition) is 1. The number of anilines is 1. The van der Waals surface area contributed by atoms with E-state index in [1.165, 1.54) is 19.3 Å². The van der Waals surface area contributed by atoms with Crippen molar-refractivity contribution in [3.8, 4) is 6.07 Å². The van der Waals surface area contributed by atoms with Crippen molar-refractivity contribution in [2.45, 2.75) is 44.2 Å². The van der Waals surface area contributed by atoms with E-state index in [4.69, 9.17) is 11.0 Å². The predicted octanol–water partition coefficient (Wildman–Crippen LogP) is 2.65. The summed E-state index contributed by atoms with van der Waals surface area (Å²) in [5, 5.41) is 8.96. The number of hydrogen-bond acceptors (Lipinski definition) is 3. The number of nitrogens with zero attached hydrogens (tertiary/aromatic N) is 2. The van der Waals surface area contributed by atoms with E-state index < -0.39 is 0 Å². The van der Waals surface area contributed by atoms with Crippen LogP contribution in [0.25, 0.3) is 0 Å². The van der Waals surface area contributed by atoms with E-state index in [9.17, 15) is 0 Å². The van der Waals surface area contributed by atoms with E-state index in [1.54, 1.807) is 0 Å². The second-order valence-electron chi connectivity index (χ2n) is 5.14. The van der Waals surface area contributed by atoms with Gasteiger partial charge in [-0.3, -0.25) is 0 Å². The highest BCUT2D eigenvalue weighted by Crippen LogP contribution is 2.25. The van der Waals surface area contributed by atoms with Gasteiger partial charge >= 0.3 is 0 Å². The highest BCUT2D eigenvalue weighted by molar-refractivity contribution is 5.51. The van der Waals surface area contributed by atoms with Gasteiger partial charge in [-0.15, -0.1) is 0 Å². The number of benzene rings is 1. The molecule has 2 unspecified atom stereocenters.